The van der Waals surface area contributed by atoms with Gasteiger partial charge in [-0.25, -0.2) is 4.98 Å². The van der Waals surface area contributed by atoms with E-state index in [1.165, 1.54) is 12.8 Å². The number of ether oxygens (including phenoxy) is 1. The van der Waals surface area contributed by atoms with Crippen LogP contribution >= 0.6 is 0 Å². The molecule has 0 saturated heterocycles. The number of aromatic nitrogens is 3. The van der Waals surface area contributed by atoms with Crippen LogP contribution in [0.2, 0.25) is 0 Å². The van der Waals surface area contributed by atoms with Gasteiger partial charge in [0.15, 0.2) is 0 Å². The third-order valence-electron chi connectivity index (χ3n) is 4.92. The fourth-order valence-corrected chi connectivity index (χ4v) is 3.33. The van der Waals surface area contributed by atoms with E-state index in [1.807, 2.05) is 47.2 Å². The lowest BCUT2D eigenvalue weighted by Crippen LogP contribution is -2.36. The minimum Gasteiger partial charge on any atom is -0.381 e. The van der Waals surface area contributed by atoms with Crippen molar-refractivity contribution in [3.05, 3.63) is 42.2 Å². The first kappa shape index (κ1) is 15.4. The topological polar surface area (TPSA) is 52.3 Å². The number of amides is 1. The molecule has 0 bridgehead atoms. The van der Waals surface area contributed by atoms with E-state index in [0.29, 0.717) is 31.3 Å². The monoisotopic (exact) mass is 328 g/mol. The standard InChI is InChI=1S/C18H24N4O2/c1-20-7-2-3-16(20)18(23)22-10-15(13-24-12-14-4-5-14)9-21-8-6-19-17(21)11-22/h2-3,6-8,14-15H,4-5,9-13H2,1H3/t15-/m0/s1. The number of rotatable bonds is 5. The van der Waals surface area contributed by atoms with Crippen molar-refractivity contribution < 1.29 is 9.53 Å². The number of imidazole rings is 1. The Morgan fingerprint density at radius 3 is 2.83 bits per heavy atom. The maximum Gasteiger partial charge on any atom is 0.270 e. The van der Waals surface area contributed by atoms with Gasteiger partial charge in [-0.1, -0.05) is 0 Å². The molecule has 128 valence electrons. The van der Waals surface area contributed by atoms with Crippen molar-refractivity contribution in [1.29, 1.82) is 0 Å². The van der Waals surface area contributed by atoms with Gasteiger partial charge in [-0.05, 0) is 30.9 Å². The minimum absolute atomic E-state index is 0.0612. The lowest BCUT2D eigenvalue weighted by atomic mass is 10.1. The summed E-state index contributed by atoms with van der Waals surface area (Å²) in [7, 11) is 1.90. The van der Waals surface area contributed by atoms with E-state index in [4.69, 9.17) is 4.74 Å². The van der Waals surface area contributed by atoms with Gasteiger partial charge in [-0.3, -0.25) is 4.79 Å². The van der Waals surface area contributed by atoms with Crippen LogP contribution in [0.3, 0.4) is 0 Å². The highest BCUT2D eigenvalue weighted by atomic mass is 16.5. The molecule has 24 heavy (non-hydrogen) atoms. The van der Waals surface area contributed by atoms with Gasteiger partial charge in [0.05, 0.1) is 13.2 Å². The van der Waals surface area contributed by atoms with Gasteiger partial charge >= 0.3 is 0 Å². The molecule has 0 radical (unpaired) electrons. The summed E-state index contributed by atoms with van der Waals surface area (Å²) >= 11 is 0. The Hall–Kier alpha value is -2.08. The summed E-state index contributed by atoms with van der Waals surface area (Å²) in [6.45, 7) is 3.68. The van der Waals surface area contributed by atoms with E-state index in [0.717, 1.165) is 24.9 Å². The average molecular weight is 328 g/mol. The summed E-state index contributed by atoms with van der Waals surface area (Å²) in [5.41, 5.74) is 0.715. The van der Waals surface area contributed by atoms with Crippen LogP contribution < -0.4 is 0 Å². The molecule has 3 heterocycles. The fourth-order valence-electron chi connectivity index (χ4n) is 3.33. The van der Waals surface area contributed by atoms with Gasteiger partial charge < -0.3 is 18.8 Å². The number of aryl methyl sites for hydroxylation is 1. The highest BCUT2D eigenvalue weighted by Gasteiger charge is 2.28. The molecule has 1 saturated carbocycles. The predicted octanol–water partition coefficient (Wildman–Crippen LogP) is 1.92. The van der Waals surface area contributed by atoms with Crippen LogP contribution in [0.15, 0.2) is 30.7 Å². The Balaban J connectivity index is 1.50. The molecule has 1 aliphatic heterocycles. The van der Waals surface area contributed by atoms with Crippen LogP contribution in [-0.2, 0) is 24.9 Å². The third-order valence-corrected chi connectivity index (χ3v) is 4.92. The van der Waals surface area contributed by atoms with Crippen molar-refractivity contribution in [3.8, 4) is 0 Å². The Morgan fingerprint density at radius 2 is 2.08 bits per heavy atom. The molecule has 2 aliphatic rings. The largest absolute Gasteiger partial charge is 0.381 e. The van der Waals surface area contributed by atoms with Crippen molar-refractivity contribution >= 4 is 5.91 Å². The first-order valence-electron chi connectivity index (χ1n) is 8.69. The van der Waals surface area contributed by atoms with E-state index in [2.05, 4.69) is 9.55 Å². The van der Waals surface area contributed by atoms with Crippen LogP contribution in [0.1, 0.15) is 29.2 Å². The Morgan fingerprint density at radius 1 is 1.25 bits per heavy atom. The molecular weight excluding hydrogens is 304 g/mol. The molecule has 6 heteroatoms. The minimum atomic E-state index is 0.0612. The van der Waals surface area contributed by atoms with Crippen LogP contribution in [-0.4, -0.2) is 44.7 Å². The van der Waals surface area contributed by atoms with Gasteiger partial charge in [0.1, 0.15) is 11.5 Å². The zero-order valence-electron chi connectivity index (χ0n) is 14.1. The first-order chi connectivity index (χ1) is 11.7. The number of carbonyl (C=O) groups is 1. The van der Waals surface area contributed by atoms with E-state index in [1.54, 1.807) is 0 Å². The normalized spacial score (nSPS) is 20.7. The van der Waals surface area contributed by atoms with Crippen molar-refractivity contribution in [2.24, 2.45) is 18.9 Å². The van der Waals surface area contributed by atoms with Crippen LogP contribution in [0.25, 0.3) is 0 Å². The molecule has 1 atom stereocenters. The maximum atomic E-state index is 12.9. The fraction of sp³-hybridized carbons (Fsp3) is 0.556. The zero-order chi connectivity index (χ0) is 16.5. The summed E-state index contributed by atoms with van der Waals surface area (Å²) in [5, 5.41) is 0. The van der Waals surface area contributed by atoms with Crippen molar-refractivity contribution in [2.75, 3.05) is 19.8 Å². The van der Waals surface area contributed by atoms with Crippen molar-refractivity contribution in [3.63, 3.8) is 0 Å². The molecule has 4 rings (SSSR count). The molecule has 6 nitrogen and oxygen atoms in total. The van der Waals surface area contributed by atoms with Crippen LogP contribution in [0, 0.1) is 11.8 Å². The number of hydrogen-bond donors (Lipinski definition) is 0. The lowest BCUT2D eigenvalue weighted by Gasteiger charge is -2.24. The molecule has 1 amide bonds. The Kier molecular flexibility index (Phi) is 4.14. The second-order valence-corrected chi connectivity index (χ2v) is 7.03. The third kappa shape index (κ3) is 3.24. The summed E-state index contributed by atoms with van der Waals surface area (Å²) in [6.07, 6.45) is 8.32. The molecule has 1 fully saturated rings. The molecule has 2 aromatic heterocycles. The molecule has 0 spiro atoms. The molecule has 0 aromatic carbocycles. The van der Waals surface area contributed by atoms with Gasteiger partial charge in [-0.2, -0.15) is 0 Å². The SMILES string of the molecule is Cn1cccc1C(=O)N1Cc2nccn2C[C@H](COCC2CC2)C1. The van der Waals surface area contributed by atoms with Crippen LogP contribution in [0.5, 0.6) is 0 Å². The Labute approximate surface area is 142 Å². The van der Waals surface area contributed by atoms with Gasteiger partial charge in [-0.15, -0.1) is 0 Å². The van der Waals surface area contributed by atoms with E-state index in [9.17, 15) is 4.79 Å². The van der Waals surface area contributed by atoms with E-state index >= 15 is 0 Å². The van der Waals surface area contributed by atoms with Gasteiger partial charge in [0.2, 0.25) is 0 Å². The highest BCUT2D eigenvalue weighted by Crippen LogP contribution is 2.29. The zero-order valence-corrected chi connectivity index (χ0v) is 14.1. The first-order valence-corrected chi connectivity index (χ1v) is 8.69. The van der Waals surface area contributed by atoms with Crippen LogP contribution in [0.4, 0.5) is 0 Å². The van der Waals surface area contributed by atoms with E-state index in [-0.39, 0.29) is 5.91 Å². The number of carbonyl (C=O) groups excluding carboxylic acids is 1. The molecule has 0 N–H and O–H groups in total. The van der Waals surface area contributed by atoms with Gasteiger partial charge in [0, 0.05) is 51.3 Å². The number of fused-ring (bicyclic) bond motifs is 1. The molecule has 1 aliphatic carbocycles. The van der Waals surface area contributed by atoms with E-state index < -0.39 is 0 Å². The lowest BCUT2D eigenvalue weighted by molar-refractivity contribution is 0.0565. The summed E-state index contributed by atoms with van der Waals surface area (Å²) in [6, 6.07) is 3.78. The quantitative estimate of drug-likeness (QED) is 0.843. The van der Waals surface area contributed by atoms with Crippen molar-refractivity contribution in [2.45, 2.75) is 25.9 Å². The van der Waals surface area contributed by atoms with Crippen molar-refractivity contribution in [1.82, 2.24) is 19.0 Å². The summed E-state index contributed by atoms with van der Waals surface area (Å²) < 4.78 is 9.94. The average Bonchev–Trinajstić information content (AvgIpc) is 3.19. The molecule has 0 unspecified atom stereocenters. The number of nitrogens with zero attached hydrogens (tertiary/aromatic N) is 4. The smallest absolute Gasteiger partial charge is 0.270 e. The second kappa shape index (κ2) is 6.43. The maximum absolute atomic E-state index is 12.9. The van der Waals surface area contributed by atoms with Gasteiger partial charge in [0.25, 0.3) is 5.91 Å². The summed E-state index contributed by atoms with van der Waals surface area (Å²) in [4.78, 5) is 19.3. The number of hydrogen-bond acceptors (Lipinski definition) is 3. The second-order valence-electron chi connectivity index (χ2n) is 7.03. The molecule has 2 aromatic rings. The summed E-state index contributed by atoms with van der Waals surface area (Å²) in [5.74, 6) is 2.07. The predicted molar refractivity (Wildman–Crippen MR) is 89.4 cm³/mol. The molecular formula is C18H24N4O2. The Bertz CT molecular complexity index is 716. The highest BCUT2D eigenvalue weighted by molar-refractivity contribution is 5.92.